The zero-order valence-corrected chi connectivity index (χ0v) is 17.9. The number of pyridine rings is 1. The van der Waals surface area contributed by atoms with Crippen LogP contribution in [0.1, 0.15) is 17.8 Å². The highest BCUT2D eigenvalue weighted by Crippen LogP contribution is 2.35. The number of aryl methyl sites for hydroxylation is 1. The number of nitrogens with zero attached hydrogens (tertiary/aromatic N) is 3. The van der Waals surface area contributed by atoms with Crippen molar-refractivity contribution < 1.29 is 0 Å². The lowest BCUT2D eigenvalue weighted by atomic mass is 10.0. The molecule has 0 fully saturated rings. The molecule has 148 valence electrons. The molecule has 0 atom stereocenters. The largest absolute Gasteiger partial charge is 0.327 e. The van der Waals surface area contributed by atoms with Gasteiger partial charge in [0, 0.05) is 46.9 Å². The van der Waals surface area contributed by atoms with Gasteiger partial charge in [-0.3, -0.25) is 4.98 Å². The Bertz CT molecular complexity index is 1170. The zero-order valence-electron chi connectivity index (χ0n) is 16.3. The van der Waals surface area contributed by atoms with Crippen molar-refractivity contribution >= 4 is 29.2 Å². The standard InChI is InChI=1S/C24H20N4S2/c29-24(27-30-20-5-2-1-3-6-20)19-10-8-17(9-11-19)22-23(18-12-14-25-15-13-18)28-16-4-7-21(28)26-22/h1-3,5-6,8-15H,4,7,16H2,(H,27,29). The van der Waals surface area contributed by atoms with Crippen molar-refractivity contribution in [2.45, 2.75) is 24.3 Å². The van der Waals surface area contributed by atoms with E-state index in [0.29, 0.717) is 0 Å². The number of thiocarbonyl (C=S) groups is 1. The first-order chi connectivity index (χ1) is 14.8. The molecular formula is C24H20N4S2. The van der Waals surface area contributed by atoms with Crippen molar-refractivity contribution in [2.24, 2.45) is 0 Å². The maximum atomic E-state index is 5.58. The molecule has 0 saturated carbocycles. The fraction of sp³-hybridized carbons (Fsp3) is 0.125. The SMILES string of the molecule is S=C(NSc1ccccc1)c1ccc(-c2nc3n(c2-c2ccncc2)CCC3)cc1. The minimum absolute atomic E-state index is 0.720. The fourth-order valence-electron chi connectivity index (χ4n) is 3.76. The van der Waals surface area contributed by atoms with Gasteiger partial charge in [0.2, 0.25) is 0 Å². The monoisotopic (exact) mass is 428 g/mol. The molecule has 3 heterocycles. The first-order valence-electron chi connectivity index (χ1n) is 9.92. The number of hydrogen-bond acceptors (Lipinski definition) is 4. The molecule has 0 unspecified atom stereocenters. The molecule has 6 heteroatoms. The molecule has 1 N–H and O–H groups in total. The van der Waals surface area contributed by atoms with Crippen LogP contribution in [-0.4, -0.2) is 19.5 Å². The summed E-state index contributed by atoms with van der Waals surface area (Å²) >= 11 is 7.10. The summed E-state index contributed by atoms with van der Waals surface area (Å²) in [7, 11) is 0. The van der Waals surface area contributed by atoms with Gasteiger partial charge in [-0.25, -0.2) is 4.98 Å². The molecule has 1 aliphatic heterocycles. The summed E-state index contributed by atoms with van der Waals surface area (Å²) in [5, 5.41) is 0. The van der Waals surface area contributed by atoms with Crippen molar-refractivity contribution in [2.75, 3.05) is 0 Å². The topological polar surface area (TPSA) is 42.7 Å². The molecule has 0 spiro atoms. The molecule has 2 aromatic heterocycles. The first kappa shape index (κ1) is 19.0. The zero-order chi connectivity index (χ0) is 20.3. The highest BCUT2D eigenvalue weighted by atomic mass is 32.2. The number of imidazole rings is 1. The van der Waals surface area contributed by atoms with Crippen molar-refractivity contribution in [3.8, 4) is 22.5 Å². The summed E-state index contributed by atoms with van der Waals surface area (Å²) in [5.74, 6) is 1.16. The Morgan fingerprint density at radius 3 is 2.47 bits per heavy atom. The van der Waals surface area contributed by atoms with Gasteiger partial charge >= 0.3 is 0 Å². The average molecular weight is 429 g/mol. The minimum Gasteiger partial charge on any atom is -0.327 e. The van der Waals surface area contributed by atoms with E-state index >= 15 is 0 Å². The third-order valence-electron chi connectivity index (χ3n) is 5.21. The molecule has 0 saturated heterocycles. The van der Waals surface area contributed by atoms with Crippen LogP contribution < -0.4 is 4.72 Å². The number of nitrogens with one attached hydrogen (secondary N) is 1. The predicted molar refractivity (Wildman–Crippen MR) is 126 cm³/mol. The molecule has 4 aromatic rings. The van der Waals surface area contributed by atoms with Crippen molar-refractivity contribution in [1.29, 1.82) is 0 Å². The van der Waals surface area contributed by atoms with E-state index in [1.165, 1.54) is 17.6 Å². The first-order valence-corrected chi connectivity index (χ1v) is 11.1. The lowest BCUT2D eigenvalue weighted by Gasteiger charge is -2.10. The van der Waals surface area contributed by atoms with E-state index in [1.807, 2.05) is 30.6 Å². The lowest BCUT2D eigenvalue weighted by Crippen LogP contribution is -2.14. The highest BCUT2D eigenvalue weighted by Gasteiger charge is 2.23. The van der Waals surface area contributed by atoms with E-state index in [1.54, 1.807) is 0 Å². The maximum absolute atomic E-state index is 5.58. The Labute approximate surface area is 185 Å². The third-order valence-corrected chi connectivity index (χ3v) is 6.49. The predicted octanol–water partition coefficient (Wildman–Crippen LogP) is 5.53. The van der Waals surface area contributed by atoms with Crippen molar-refractivity contribution in [3.63, 3.8) is 0 Å². The van der Waals surface area contributed by atoms with Gasteiger partial charge in [-0.2, -0.15) is 0 Å². The molecule has 30 heavy (non-hydrogen) atoms. The second-order valence-electron chi connectivity index (χ2n) is 7.14. The smallest absolute Gasteiger partial charge is 0.116 e. The van der Waals surface area contributed by atoms with Gasteiger partial charge in [0.05, 0.1) is 11.4 Å². The average Bonchev–Trinajstić information content (AvgIpc) is 3.40. The van der Waals surface area contributed by atoms with Crippen LogP contribution >= 0.6 is 24.2 Å². The molecule has 0 aliphatic carbocycles. The van der Waals surface area contributed by atoms with Gasteiger partial charge in [-0.1, -0.05) is 54.7 Å². The van der Waals surface area contributed by atoms with E-state index < -0.39 is 0 Å². The van der Waals surface area contributed by atoms with Crippen LogP contribution in [0.2, 0.25) is 0 Å². The molecule has 2 aromatic carbocycles. The van der Waals surface area contributed by atoms with Gasteiger partial charge in [-0.15, -0.1) is 0 Å². The van der Waals surface area contributed by atoms with E-state index in [-0.39, 0.29) is 0 Å². The van der Waals surface area contributed by atoms with Crippen molar-refractivity contribution in [1.82, 2.24) is 19.3 Å². The second kappa shape index (κ2) is 8.42. The van der Waals surface area contributed by atoms with Gasteiger partial charge < -0.3 is 9.29 Å². The van der Waals surface area contributed by atoms with Gasteiger partial charge in [0.15, 0.2) is 0 Å². The lowest BCUT2D eigenvalue weighted by molar-refractivity contribution is 0.756. The minimum atomic E-state index is 0.720. The van der Waals surface area contributed by atoms with Crippen LogP contribution in [0.3, 0.4) is 0 Å². The number of benzene rings is 2. The summed E-state index contributed by atoms with van der Waals surface area (Å²) in [6.45, 7) is 1.02. The normalized spacial score (nSPS) is 12.5. The van der Waals surface area contributed by atoms with Crippen LogP contribution in [0.5, 0.6) is 0 Å². The Morgan fingerprint density at radius 1 is 0.933 bits per heavy atom. The number of fused-ring (bicyclic) bond motifs is 1. The van der Waals surface area contributed by atoms with E-state index in [2.05, 4.69) is 62.8 Å². The quantitative estimate of drug-likeness (QED) is 0.334. The van der Waals surface area contributed by atoms with Crippen molar-refractivity contribution in [3.05, 3.63) is 90.5 Å². The summed E-state index contributed by atoms with van der Waals surface area (Å²) in [6.07, 6.45) is 5.86. The van der Waals surface area contributed by atoms with E-state index in [9.17, 15) is 0 Å². The molecular weight excluding hydrogens is 408 g/mol. The van der Waals surface area contributed by atoms with Crippen LogP contribution in [0.15, 0.2) is 84.0 Å². The molecule has 1 aliphatic rings. The summed E-state index contributed by atoms with van der Waals surface area (Å²) in [4.78, 5) is 11.0. The molecule has 0 bridgehead atoms. The maximum Gasteiger partial charge on any atom is 0.116 e. The number of aromatic nitrogens is 3. The number of hydrogen-bond donors (Lipinski definition) is 1. The molecule has 5 rings (SSSR count). The second-order valence-corrected chi connectivity index (χ2v) is 8.43. The highest BCUT2D eigenvalue weighted by molar-refractivity contribution is 7.99. The fourth-order valence-corrected chi connectivity index (χ4v) is 4.64. The van der Waals surface area contributed by atoms with E-state index in [0.717, 1.165) is 57.5 Å². The third kappa shape index (κ3) is 3.76. The Balaban J connectivity index is 1.40. The molecule has 0 radical (unpaired) electrons. The van der Waals surface area contributed by atoms with Crippen LogP contribution in [-0.2, 0) is 13.0 Å². The van der Waals surface area contributed by atoms with E-state index in [4.69, 9.17) is 17.2 Å². The Kier molecular flexibility index (Phi) is 5.34. The number of rotatable bonds is 5. The Morgan fingerprint density at radius 2 is 1.70 bits per heavy atom. The Hall–Kier alpha value is -2.96. The summed E-state index contributed by atoms with van der Waals surface area (Å²) < 4.78 is 5.61. The van der Waals surface area contributed by atoms with Gasteiger partial charge in [-0.05, 0) is 42.6 Å². The van der Waals surface area contributed by atoms with Gasteiger partial charge in [0.25, 0.3) is 0 Å². The van der Waals surface area contributed by atoms with Crippen LogP contribution in [0.25, 0.3) is 22.5 Å². The molecule has 0 amide bonds. The van der Waals surface area contributed by atoms with Crippen LogP contribution in [0, 0.1) is 0 Å². The van der Waals surface area contributed by atoms with Gasteiger partial charge in [0.1, 0.15) is 10.8 Å². The molecule has 4 nitrogen and oxygen atoms in total. The summed E-state index contributed by atoms with van der Waals surface area (Å²) in [5.41, 5.74) is 5.46. The van der Waals surface area contributed by atoms with Crippen LogP contribution in [0.4, 0.5) is 0 Å². The summed E-state index contributed by atoms with van der Waals surface area (Å²) in [6, 6.07) is 22.6.